The van der Waals surface area contributed by atoms with Crippen LogP contribution in [0.1, 0.15) is 24.5 Å². The lowest BCUT2D eigenvalue weighted by atomic mass is 10.2. The molecule has 0 spiro atoms. The van der Waals surface area contributed by atoms with Gasteiger partial charge in [-0.05, 0) is 12.8 Å². The molecule has 2 fully saturated rings. The minimum Gasteiger partial charge on any atom is -0.422 e. The summed E-state index contributed by atoms with van der Waals surface area (Å²) in [4.78, 5) is 11.4. The van der Waals surface area contributed by atoms with E-state index < -0.39 is 0 Å². The number of nitrogens with one attached hydrogen (secondary N) is 1. The number of ether oxygens (including phenoxy) is 1. The SMILES string of the molecule is CNc1cc2oc(N3CCOCC3)nc2nc1C1CC1. The fraction of sp³-hybridized carbons (Fsp3) is 0.571. The molecule has 0 bridgehead atoms. The number of oxazole rings is 1. The van der Waals surface area contributed by atoms with E-state index in [4.69, 9.17) is 14.1 Å². The molecule has 3 heterocycles. The number of rotatable bonds is 3. The molecular formula is C14H18N4O2. The number of anilines is 2. The van der Waals surface area contributed by atoms with Crippen LogP contribution in [-0.4, -0.2) is 43.3 Å². The van der Waals surface area contributed by atoms with Crippen molar-refractivity contribution in [2.45, 2.75) is 18.8 Å². The maximum absolute atomic E-state index is 5.86. The molecule has 0 aromatic carbocycles. The lowest BCUT2D eigenvalue weighted by Gasteiger charge is -2.24. The summed E-state index contributed by atoms with van der Waals surface area (Å²) in [5, 5.41) is 3.21. The van der Waals surface area contributed by atoms with Crippen molar-refractivity contribution in [1.29, 1.82) is 0 Å². The molecule has 0 amide bonds. The third kappa shape index (κ3) is 2.00. The zero-order valence-electron chi connectivity index (χ0n) is 11.6. The highest BCUT2D eigenvalue weighted by atomic mass is 16.5. The Balaban J connectivity index is 1.74. The monoisotopic (exact) mass is 274 g/mol. The molecule has 6 heteroatoms. The maximum Gasteiger partial charge on any atom is 0.300 e. The van der Waals surface area contributed by atoms with Crippen LogP contribution >= 0.6 is 0 Å². The molecule has 0 atom stereocenters. The predicted octanol–water partition coefficient (Wildman–Crippen LogP) is 1.98. The Kier molecular flexibility index (Phi) is 2.77. The summed E-state index contributed by atoms with van der Waals surface area (Å²) in [7, 11) is 1.92. The van der Waals surface area contributed by atoms with Crippen molar-refractivity contribution in [3.8, 4) is 0 Å². The topological polar surface area (TPSA) is 63.4 Å². The quantitative estimate of drug-likeness (QED) is 0.923. The zero-order valence-corrected chi connectivity index (χ0v) is 11.6. The van der Waals surface area contributed by atoms with Crippen molar-refractivity contribution in [2.75, 3.05) is 43.6 Å². The van der Waals surface area contributed by atoms with Gasteiger partial charge < -0.3 is 19.4 Å². The van der Waals surface area contributed by atoms with Crippen molar-refractivity contribution in [3.63, 3.8) is 0 Å². The molecule has 2 aromatic heterocycles. The smallest absolute Gasteiger partial charge is 0.300 e. The minimum absolute atomic E-state index is 0.588. The van der Waals surface area contributed by atoms with Crippen molar-refractivity contribution < 1.29 is 9.15 Å². The molecule has 4 rings (SSSR count). The van der Waals surface area contributed by atoms with Gasteiger partial charge in [-0.2, -0.15) is 4.98 Å². The van der Waals surface area contributed by atoms with E-state index in [2.05, 4.69) is 15.2 Å². The van der Waals surface area contributed by atoms with Gasteiger partial charge in [0, 0.05) is 32.1 Å². The molecule has 2 aliphatic rings. The number of morpholine rings is 1. The zero-order chi connectivity index (χ0) is 13.5. The Bertz CT molecular complexity index is 629. The van der Waals surface area contributed by atoms with E-state index in [0.29, 0.717) is 17.6 Å². The van der Waals surface area contributed by atoms with Gasteiger partial charge in [0.15, 0.2) is 5.58 Å². The molecule has 1 aliphatic heterocycles. The summed E-state index contributed by atoms with van der Waals surface area (Å²) in [5.41, 5.74) is 3.65. The number of hydrogen-bond acceptors (Lipinski definition) is 6. The molecule has 1 N–H and O–H groups in total. The van der Waals surface area contributed by atoms with E-state index in [1.165, 1.54) is 12.8 Å². The first kappa shape index (κ1) is 12.0. The van der Waals surface area contributed by atoms with Crippen LogP contribution in [0.5, 0.6) is 0 Å². The predicted molar refractivity (Wildman–Crippen MR) is 76.4 cm³/mol. The highest BCUT2D eigenvalue weighted by Gasteiger charge is 2.29. The van der Waals surface area contributed by atoms with E-state index in [9.17, 15) is 0 Å². The molecule has 20 heavy (non-hydrogen) atoms. The van der Waals surface area contributed by atoms with E-state index in [1.54, 1.807) is 0 Å². The Morgan fingerprint density at radius 2 is 2.05 bits per heavy atom. The molecular weight excluding hydrogens is 256 g/mol. The van der Waals surface area contributed by atoms with Crippen molar-refractivity contribution in [3.05, 3.63) is 11.8 Å². The summed E-state index contributed by atoms with van der Waals surface area (Å²) in [6.45, 7) is 3.09. The van der Waals surface area contributed by atoms with Gasteiger partial charge in [0.2, 0.25) is 5.65 Å². The second kappa shape index (κ2) is 4.63. The van der Waals surface area contributed by atoms with E-state index in [0.717, 1.165) is 43.3 Å². The van der Waals surface area contributed by atoms with E-state index >= 15 is 0 Å². The standard InChI is InChI=1S/C14H18N4O2/c1-15-10-8-11-13(16-12(10)9-2-3-9)17-14(20-11)18-4-6-19-7-5-18/h8-9,15H,2-7H2,1H3. The van der Waals surface area contributed by atoms with Crippen LogP contribution in [0.25, 0.3) is 11.2 Å². The lowest BCUT2D eigenvalue weighted by Crippen LogP contribution is -2.36. The van der Waals surface area contributed by atoms with Crippen LogP contribution in [0.4, 0.5) is 11.7 Å². The van der Waals surface area contributed by atoms with Crippen LogP contribution in [-0.2, 0) is 4.74 Å². The highest BCUT2D eigenvalue weighted by molar-refractivity contribution is 5.76. The van der Waals surface area contributed by atoms with Crippen molar-refractivity contribution in [1.82, 2.24) is 9.97 Å². The average Bonchev–Trinajstić information content (AvgIpc) is 3.26. The third-order valence-electron chi connectivity index (χ3n) is 3.92. The van der Waals surface area contributed by atoms with Gasteiger partial charge in [0.25, 0.3) is 6.01 Å². The first-order chi connectivity index (χ1) is 9.85. The van der Waals surface area contributed by atoms with E-state index in [1.807, 2.05) is 13.1 Å². The van der Waals surface area contributed by atoms with Gasteiger partial charge in [0.1, 0.15) is 0 Å². The van der Waals surface area contributed by atoms with Crippen molar-refractivity contribution >= 4 is 22.9 Å². The van der Waals surface area contributed by atoms with Crippen LogP contribution in [0.3, 0.4) is 0 Å². The Morgan fingerprint density at radius 1 is 1.25 bits per heavy atom. The van der Waals surface area contributed by atoms with E-state index in [-0.39, 0.29) is 0 Å². The highest BCUT2D eigenvalue weighted by Crippen LogP contribution is 2.43. The van der Waals surface area contributed by atoms with Gasteiger partial charge in [-0.1, -0.05) is 0 Å². The summed E-state index contributed by atoms with van der Waals surface area (Å²) in [5.74, 6) is 0.588. The van der Waals surface area contributed by atoms with Crippen LogP contribution < -0.4 is 10.2 Å². The normalized spacial score (nSPS) is 19.6. The van der Waals surface area contributed by atoms with Crippen LogP contribution in [0, 0.1) is 0 Å². The number of hydrogen-bond donors (Lipinski definition) is 1. The fourth-order valence-corrected chi connectivity index (χ4v) is 2.62. The minimum atomic E-state index is 0.588. The molecule has 1 aliphatic carbocycles. The molecule has 0 unspecified atom stereocenters. The Labute approximate surface area is 117 Å². The Hall–Kier alpha value is -1.82. The molecule has 106 valence electrons. The van der Waals surface area contributed by atoms with Crippen LogP contribution in [0.2, 0.25) is 0 Å². The second-order valence-corrected chi connectivity index (χ2v) is 5.36. The third-order valence-corrected chi connectivity index (χ3v) is 3.92. The molecule has 1 saturated carbocycles. The maximum atomic E-state index is 5.86. The molecule has 0 radical (unpaired) electrons. The first-order valence-corrected chi connectivity index (χ1v) is 7.17. The summed E-state index contributed by atoms with van der Waals surface area (Å²) in [6, 6.07) is 2.68. The number of aromatic nitrogens is 2. The number of pyridine rings is 1. The molecule has 1 saturated heterocycles. The fourth-order valence-electron chi connectivity index (χ4n) is 2.62. The summed E-state index contributed by atoms with van der Waals surface area (Å²) < 4.78 is 11.2. The average molecular weight is 274 g/mol. The largest absolute Gasteiger partial charge is 0.422 e. The van der Waals surface area contributed by atoms with Gasteiger partial charge in [-0.3, -0.25) is 0 Å². The van der Waals surface area contributed by atoms with Gasteiger partial charge >= 0.3 is 0 Å². The molecule has 2 aromatic rings. The molecule has 6 nitrogen and oxygen atoms in total. The summed E-state index contributed by atoms with van der Waals surface area (Å²) >= 11 is 0. The van der Waals surface area contributed by atoms with Gasteiger partial charge in [-0.25, -0.2) is 4.98 Å². The van der Waals surface area contributed by atoms with Gasteiger partial charge in [0.05, 0.1) is 24.6 Å². The van der Waals surface area contributed by atoms with Crippen molar-refractivity contribution in [2.24, 2.45) is 0 Å². The second-order valence-electron chi connectivity index (χ2n) is 5.36. The van der Waals surface area contributed by atoms with Gasteiger partial charge in [-0.15, -0.1) is 0 Å². The first-order valence-electron chi connectivity index (χ1n) is 7.17. The lowest BCUT2D eigenvalue weighted by molar-refractivity contribution is 0.120. The Morgan fingerprint density at radius 3 is 2.75 bits per heavy atom. The van der Waals surface area contributed by atoms with Crippen LogP contribution in [0.15, 0.2) is 10.5 Å². The number of nitrogens with zero attached hydrogens (tertiary/aromatic N) is 3. The summed E-state index contributed by atoms with van der Waals surface area (Å²) in [6.07, 6.45) is 2.45. The number of fused-ring (bicyclic) bond motifs is 1.